The van der Waals surface area contributed by atoms with Crippen LogP contribution in [0.25, 0.3) is 0 Å². The molecule has 1 aromatic rings. The smallest absolute Gasteiger partial charge is 0.232 e. The van der Waals surface area contributed by atoms with Gasteiger partial charge < -0.3 is 14.8 Å². The van der Waals surface area contributed by atoms with E-state index < -0.39 is 10.0 Å². The zero-order valence-electron chi connectivity index (χ0n) is 10.8. The first-order valence-corrected chi connectivity index (χ1v) is 7.87. The summed E-state index contributed by atoms with van der Waals surface area (Å²) in [5, 5.41) is 3.09. The Morgan fingerprint density at radius 3 is 2.84 bits per heavy atom. The van der Waals surface area contributed by atoms with Crippen LogP contribution in [-0.4, -0.2) is 34.1 Å². The molecule has 7 heteroatoms. The van der Waals surface area contributed by atoms with Crippen molar-refractivity contribution in [3.05, 3.63) is 18.2 Å². The standard InChI is InChI=1S/C12H18N2O4S/c1-2-13-6-3-7-19(15,16)14-10-4-5-11-12(8-10)18-9-17-11/h4-5,8,13-14H,2-3,6-7,9H2,1H3. The lowest BCUT2D eigenvalue weighted by molar-refractivity contribution is 0.174. The predicted octanol–water partition coefficient (Wildman–Crippen LogP) is 1.16. The summed E-state index contributed by atoms with van der Waals surface area (Å²) >= 11 is 0. The van der Waals surface area contributed by atoms with Gasteiger partial charge in [-0.15, -0.1) is 0 Å². The molecule has 19 heavy (non-hydrogen) atoms. The van der Waals surface area contributed by atoms with Crippen LogP contribution in [0, 0.1) is 0 Å². The number of hydrogen-bond donors (Lipinski definition) is 2. The van der Waals surface area contributed by atoms with Crippen LogP contribution in [0.5, 0.6) is 11.5 Å². The molecule has 0 aliphatic carbocycles. The number of hydrogen-bond acceptors (Lipinski definition) is 5. The highest BCUT2D eigenvalue weighted by atomic mass is 32.2. The first-order valence-electron chi connectivity index (χ1n) is 6.21. The molecule has 0 spiro atoms. The largest absolute Gasteiger partial charge is 0.454 e. The number of anilines is 1. The van der Waals surface area contributed by atoms with Crippen LogP contribution in [0.15, 0.2) is 18.2 Å². The number of ether oxygens (including phenoxy) is 2. The topological polar surface area (TPSA) is 76.7 Å². The Labute approximate surface area is 113 Å². The molecule has 0 bridgehead atoms. The van der Waals surface area contributed by atoms with Gasteiger partial charge in [-0.1, -0.05) is 6.92 Å². The molecular formula is C12H18N2O4S. The molecule has 0 radical (unpaired) electrons. The normalized spacial score (nSPS) is 13.5. The van der Waals surface area contributed by atoms with E-state index in [0.717, 1.165) is 6.54 Å². The van der Waals surface area contributed by atoms with Gasteiger partial charge in [0.15, 0.2) is 11.5 Å². The minimum Gasteiger partial charge on any atom is -0.454 e. The number of rotatable bonds is 7. The molecule has 2 rings (SSSR count). The monoisotopic (exact) mass is 286 g/mol. The summed E-state index contributed by atoms with van der Waals surface area (Å²) < 4.78 is 36.6. The molecule has 0 aromatic heterocycles. The van der Waals surface area contributed by atoms with Gasteiger partial charge >= 0.3 is 0 Å². The molecule has 106 valence electrons. The molecule has 0 saturated heterocycles. The Morgan fingerprint density at radius 1 is 1.26 bits per heavy atom. The van der Waals surface area contributed by atoms with E-state index in [1.165, 1.54) is 0 Å². The van der Waals surface area contributed by atoms with Crippen molar-refractivity contribution in [3.8, 4) is 11.5 Å². The minimum atomic E-state index is -3.32. The van der Waals surface area contributed by atoms with Gasteiger partial charge in [-0.2, -0.15) is 0 Å². The quantitative estimate of drug-likeness (QED) is 0.736. The van der Waals surface area contributed by atoms with Crippen LogP contribution in [0.1, 0.15) is 13.3 Å². The average Bonchev–Trinajstić information content (AvgIpc) is 2.81. The molecule has 1 aromatic carbocycles. The number of fused-ring (bicyclic) bond motifs is 1. The van der Waals surface area contributed by atoms with Gasteiger partial charge in [0.25, 0.3) is 0 Å². The van der Waals surface area contributed by atoms with E-state index >= 15 is 0 Å². The maximum atomic E-state index is 11.9. The molecule has 6 nitrogen and oxygen atoms in total. The van der Waals surface area contributed by atoms with Crippen molar-refractivity contribution in [1.29, 1.82) is 0 Å². The number of nitrogens with one attached hydrogen (secondary N) is 2. The van der Waals surface area contributed by atoms with E-state index in [1.54, 1.807) is 18.2 Å². The van der Waals surface area contributed by atoms with Gasteiger partial charge in [-0.25, -0.2) is 8.42 Å². The second-order valence-electron chi connectivity index (χ2n) is 4.20. The lowest BCUT2D eigenvalue weighted by Crippen LogP contribution is -2.21. The molecule has 0 fully saturated rings. The van der Waals surface area contributed by atoms with Crippen LogP contribution in [0.2, 0.25) is 0 Å². The Morgan fingerprint density at radius 2 is 2.05 bits per heavy atom. The SMILES string of the molecule is CCNCCCS(=O)(=O)Nc1ccc2c(c1)OCO2. The van der Waals surface area contributed by atoms with Crippen molar-refractivity contribution in [2.45, 2.75) is 13.3 Å². The molecular weight excluding hydrogens is 268 g/mol. The fourth-order valence-corrected chi connectivity index (χ4v) is 2.87. The molecule has 2 N–H and O–H groups in total. The molecule has 1 aliphatic heterocycles. The minimum absolute atomic E-state index is 0.0917. The Balaban J connectivity index is 1.92. The van der Waals surface area contributed by atoms with Crippen molar-refractivity contribution in [2.24, 2.45) is 0 Å². The highest BCUT2D eigenvalue weighted by molar-refractivity contribution is 7.92. The van der Waals surface area contributed by atoms with Crippen molar-refractivity contribution in [2.75, 3.05) is 30.4 Å². The fourth-order valence-electron chi connectivity index (χ4n) is 1.75. The predicted molar refractivity (Wildman–Crippen MR) is 73.1 cm³/mol. The lowest BCUT2D eigenvalue weighted by atomic mass is 10.3. The lowest BCUT2D eigenvalue weighted by Gasteiger charge is -2.08. The van der Waals surface area contributed by atoms with E-state index in [2.05, 4.69) is 10.0 Å². The van der Waals surface area contributed by atoms with E-state index in [1.807, 2.05) is 6.92 Å². The van der Waals surface area contributed by atoms with Gasteiger partial charge in [-0.3, -0.25) is 4.72 Å². The Hall–Kier alpha value is -1.47. The second kappa shape index (κ2) is 6.12. The van der Waals surface area contributed by atoms with Crippen LogP contribution < -0.4 is 19.5 Å². The van der Waals surface area contributed by atoms with Crippen molar-refractivity contribution >= 4 is 15.7 Å². The van der Waals surface area contributed by atoms with Gasteiger partial charge in [-0.05, 0) is 31.6 Å². The molecule has 0 amide bonds. The molecule has 1 heterocycles. The van der Waals surface area contributed by atoms with Gasteiger partial charge in [0, 0.05) is 6.07 Å². The second-order valence-corrected chi connectivity index (χ2v) is 6.04. The van der Waals surface area contributed by atoms with E-state index in [4.69, 9.17) is 9.47 Å². The van der Waals surface area contributed by atoms with Crippen molar-refractivity contribution in [1.82, 2.24) is 5.32 Å². The third kappa shape index (κ3) is 4.00. The Kier molecular flexibility index (Phi) is 4.49. The average molecular weight is 286 g/mol. The Bertz CT molecular complexity index is 531. The molecule has 0 saturated carbocycles. The number of benzene rings is 1. The van der Waals surface area contributed by atoms with Crippen LogP contribution >= 0.6 is 0 Å². The van der Waals surface area contributed by atoms with Gasteiger partial charge in [0.05, 0.1) is 11.4 Å². The van der Waals surface area contributed by atoms with Crippen LogP contribution in [-0.2, 0) is 10.0 Å². The molecule has 0 atom stereocenters. The number of sulfonamides is 1. The highest BCUT2D eigenvalue weighted by Gasteiger charge is 2.16. The first kappa shape index (κ1) is 14.0. The summed E-state index contributed by atoms with van der Waals surface area (Å²) in [5.41, 5.74) is 0.493. The van der Waals surface area contributed by atoms with Crippen molar-refractivity contribution in [3.63, 3.8) is 0 Å². The van der Waals surface area contributed by atoms with E-state index in [9.17, 15) is 8.42 Å². The zero-order chi connectivity index (χ0) is 13.7. The fraction of sp³-hybridized carbons (Fsp3) is 0.500. The van der Waals surface area contributed by atoms with Gasteiger partial charge in [0.2, 0.25) is 16.8 Å². The third-order valence-electron chi connectivity index (χ3n) is 2.66. The molecule has 1 aliphatic rings. The summed E-state index contributed by atoms with van der Waals surface area (Å²) in [4.78, 5) is 0. The first-order chi connectivity index (χ1) is 9.11. The maximum absolute atomic E-state index is 11.9. The summed E-state index contributed by atoms with van der Waals surface area (Å²) in [6.45, 7) is 3.70. The molecule has 0 unspecified atom stereocenters. The zero-order valence-corrected chi connectivity index (χ0v) is 11.6. The van der Waals surface area contributed by atoms with Crippen LogP contribution in [0.4, 0.5) is 5.69 Å². The maximum Gasteiger partial charge on any atom is 0.232 e. The van der Waals surface area contributed by atoms with E-state index in [0.29, 0.717) is 30.2 Å². The summed E-state index contributed by atoms with van der Waals surface area (Å²) in [5.74, 6) is 1.29. The van der Waals surface area contributed by atoms with Crippen LogP contribution in [0.3, 0.4) is 0 Å². The van der Waals surface area contributed by atoms with Gasteiger partial charge in [0.1, 0.15) is 0 Å². The highest BCUT2D eigenvalue weighted by Crippen LogP contribution is 2.34. The van der Waals surface area contributed by atoms with E-state index in [-0.39, 0.29) is 12.5 Å². The third-order valence-corrected chi connectivity index (χ3v) is 4.04. The summed E-state index contributed by atoms with van der Waals surface area (Å²) in [7, 11) is -3.32. The summed E-state index contributed by atoms with van der Waals surface area (Å²) in [6.07, 6.45) is 0.577. The summed E-state index contributed by atoms with van der Waals surface area (Å²) in [6, 6.07) is 4.98. The van der Waals surface area contributed by atoms with Crippen molar-refractivity contribution < 1.29 is 17.9 Å².